The summed E-state index contributed by atoms with van der Waals surface area (Å²) < 4.78 is 11.7. The van der Waals surface area contributed by atoms with Gasteiger partial charge in [0.05, 0.1) is 24.0 Å². The molecule has 2 aromatic rings. The van der Waals surface area contributed by atoms with Gasteiger partial charge < -0.3 is 15.2 Å². The lowest BCUT2D eigenvalue weighted by Crippen LogP contribution is -2.12. The summed E-state index contributed by atoms with van der Waals surface area (Å²) in [5, 5.41) is 0.440. The van der Waals surface area contributed by atoms with Crippen LogP contribution in [0.3, 0.4) is 0 Å². The van der Waals surface area contributed by atoms with Gasteiger partial charge in [0.25, 0.3) is 0 Å². The molecule has 20 heavy (non-hydrogen) atoms. The highest BCUT2D eigenvalue weighted by Crippen LogP contribution is 2.42. The topological polar surface area (TPSA) is 44.5 Å². The molecule has 0 saturated heterocycles. The van der Waals surface area contributed by atoms with Crippen LogP contribution in [0.1, 0.15) is 22.0 Å². The van der Waals surface area contributed by atoms with Crippen LogP contribution < -0.4 is 15.2 Å². The van der Waals surface area contributed by atoms with Gasteiger partial charge in [0.15, 0.2) is 0 Å². The van der Waals surface area contributed by atoms with Crippen molar-refractivity contribution in [2.75, 3.05) is 14.2 Å². The Hall–Kier alpha value is -0.750. The largest absolute Gasteiger partial charge is 0.495 e. The quantitative estimate of drug-likeness (QED) is 0.852. The van der Waals surface area contributed by atoms with Crippen molar-refractivity contribution in [3.05, 3.63) is 43.0 Å². The van der Waals surface area contributed by atoms with Crippen molar-refractivity contribution in [2.24, 2.45) is 5.73 Å². The van der Waals surface area contributed by atoms with Gasteiger partial charge >= 0.3 is 0 Å². The minimum atomic E-state index is -0.289. The summed E-state index contributed by atoms with van der Waals surface area (Å²) in [6, 6.07) is 5.47. The molecule has 0 spiro atoms. The molecule has 1 aromatic heterocycles. The first-order chi connectivity index (χ1) is 9.49. The van der Waals surface area contributed by atoms with E-state index < -0.39 is 0 Å². The number of hydrogen-bond donors (Lipinski definition) is 1. The minimum Gasteiger partial charge on any atom is -0.495 e. The van der Waals surface area contributed by atoms with Crippen molar-refractivity contribution >= 4 is 38.9 Å². The highest BCUT2D eigenvalue weighted by molar-refractivity contribution is 9.11. The van der Waals surface area contributed by atoms with Crippen molar-refractivity contribution in [2.45, 2.75) is 13.0 Å². The van der Waals surface area contributed by atoms with Crippen molar-refractivity contribution < 1.29 is 9.47 Å². The third-order valence-electron chi connectivity index (χ3n) is 3.03. The lowest BCUT2D eigenvalue weighted by Gasteiger charge is -2.17. The molecule has 1 aromatic carbocycles. The molecule has 1 unspecified atom stereocenters. The maximum absolute atomic E-state index is 6.35. The second-order valence-electron chi connectivity index (χ2n) is 4.29. The fourth-order valence-corrected chi connectivity index (χ4v) is 3.87. The Kier molecular flexibility index (Phi) is 4.96. The molecule has 0 amide bonds. The van der Waals surface area contributed by atoms with Crippen LogP contribution >= 0.6 is 38.9 Å². The number of nitrogens with two attached hydrogens (primary N) is 1. The molecule has 0 radical (unpaired) electrons. The Morgan fingerprint density at radius 3 is 2.50 bits per heavy atom. The Morgan fingerprint density at radius 1 is 1.30 bits per heavy atom. The summed E-state index contributed by atoms with van der Waals surface area (Å²) in [6.07, 6.45) is 0. The molecule has 2 N–H and O–H groups in total. The van der Waals surface area contributed by atoms with Gasteiger partial charge in [-0.1, -0.05) is 11.6 Å². The molecule has 108 valence electrons. The zero-order chi connectivity index (χ0) is 14.9. The van der Waals surface area contributed by atoms with Crippen LogP contribution in [0.2, 0.25) is 5.02 Å². The molecule has 1 atom stereocenters. The van der Waals surface area contributed by atoms with E-state index in [1.165, 1.54) is 5.56 Å². The van der Waals surface area contributed by atoms with Crippen LogP contribution in [0.4, 0.5) is 0 Å². The fraction of sp³-hybridized carbons (Fsp3) is 0.286. The highest BCUT2D eigenvalue weighted by atomic mass is 79.9. The van der Waals surface area contributed by atoms with Gasteiger partial charge in [0.1, 0.15) is 16.5 Å². The summed E-state index contributed by atoms with van der Waals surface area (Å²) in [4.78, 5) is 1.05. The van der Waals surface area contributed by atoms with E-state index in [1.807, 2.05) is 13.0 Å². The zero-order valence-electron chi connectivity index (χ0n) is 11.4. The number of ether oxygens (including phenoxy) is 2. The van der Waals surface area contributed by atoms with Gasteiger partial charge in [-0.2, -0.15) is 0 Å². The fourth-order valence-electron chi connectivity index (χ4n) is 1.95. The number of benzene rings is 1. The predicted octanol–water partition coefficient (Wildman–Crippen LogP) is 4.54. The van der Waals surface area contributed by atoms with E-state index in [2.05, 4.69) is 22.0 Å². The SMILES string of the molecule is COc1ccc(C(N)c2cc(C)c(Br)s2)c(OC)c1Cl. The van der Waals surface area contributed by atoms with Crippen molar-refractivity contribution in [3.8, 4) is 11.5 Å². The Morgan fingerprint density at radius 2 is 2.00 bits per heavy atom. The van der Waals surface area contributed by atoms with Gasteiger partial charge in [-0.25, -0.2) is 0 Å². The summed E-state index contributed by atoms with van der Waals surface area (Å²) >= 11 is 11.4. The molecular formula is C14H15BrClNO2S. The Balaban J connectivity index is 2.49. The summed E-state index contributed by atoms with van der Waals surface area (Å²) in [6.45, 7) is 2.04. The van der Waals surface area contributed by atoms with E-state index in [1.54, 1.807) is 31.6 Å². The smallest absolute Gasteiger partial charge is 0.146 e. The normalized spacial score (nSPS) is 12.3. The molecule has 0 saturated carbocycles. The van der Waals surface area contributed by atoms with Crippen molar-refractivity contribution in [1.82, 2.24) is 0 Å². The van der Waals surface area contributed by atoms with E-state index in [9.17, 15) is 0 Å². The lowest BCUT2D eigenvalue weighted by atomic mass is 10.0. The monoisotopic (exact) mass is 375 g/mol. The summed E-state index contributed by atoms with van der Waals surface area (Å²) in [7, 11) is 3.15. The molecule has 0 aliphatic heterocycles. The van der Waals surface area contributed by atoms with Crippen LogP contribution in [0, 0.1) is 6.92 Å². The van der Waals surface area contributed by atoms with E-state index in [4.69, 9.17) is 26.8 Å². The second-order valence-corrected chi connectivity index (χ2v) is 7.07. The summed E-state index contributed by atoms with van der Waals surface area (Å²) in [5.41, 5.74) is 8.35. The molecule has 3 nitrogen and oxygen atoms in total. The molecule has 0 aliphatic rings. The molecular weight excluding hydrogens is 362 g/mol. The van der Waals surface area contributed by atoms with E-state index in [0.29, 0.717) is 16.5 Å². The molecule has 0 bridgehead atoms. The number of aryl methyl sites for hydroxylation is 1. The van der Waals surface area contributed by atoms with Gasteiger partial charge in [0, 0.05) is 10.4 Å². The number of halogens is 2. The number of thiophene rings is 1. The maximum Gasteiger partial charge on any atom is 0.146 e. The Labute approximate surface area is 135 Å². The standard InChI is InChI=1S/C14H15BrClNO2S/c1-7-6-10(20-14(7)15)12(17)8-4-5-9(18-2)11(16)13(8)19-3/h4-6,12H,17H2,1-3H3. The Bertz CT molecular complexity index is 610. The zero-order valence-corrected chi connectivity index (χ0v) is 14.5. The van der Waals surface area contributed by atoms with Crippen LogP contribution in [0.25, 0.3) is 0 Å². The van der Waals surface area contributed by atoms with Crippen molar-refractivity contribution in [3.63, 3.8) is 0 Å². The first kappa shape index (κ1) is 15.6. The lowest BCUT2D eigenvalue weighted by molar-refractivity contribution is 0.390. The van der Waals surface area contributed by atoms with E-state index in [-0.39, 0.29) is 6.04 Å². The van der Waals surface area contributed by atoms with Crippen LogP contribution in [-0.2, 0) is 0 Å². The average molecular weight is 377 g/mol. The van der Waals surface area contributed by atoms with Gasteiger partial charge in [-0.15, -0.1) is 11.3 Å². The second kappa shape index (κ2) is 6.35. The minimum absolute atomic E-state index is 0.289. The third-order valence-corrected chi connectivity index (χ3v) is 5.61. The number of rotatable bonds is 4. The number of methoxy groups -OCH3 is 2. The van der Waals surface area contributed by atoms with Crippen LogP contribution in [-0.4, -0.2) is 14.2 Å². The summed E-state index contributed by atoms with van der Waals surface area (Å²) in [5.74, 6) is 1.13. The van der Waals surface area contributed by atoms with E-state index >= 15 is 0 Å². The van der Waals surface area contributed by atoms with Gasteiger partial charge in [-0.05, 0) is 46.6 Å². The molecule has 2 rings (SSSR count). The van der Waals surface area contributed by atoms with Crippen molar-refractivity contribution in [1.29, 1.82) is 0 Å². The predicted molar refractivity (Wildman–Crippen MR) is 87.3 cm³/mol. The van der Waals surface area contributed by atoms with Gasteiger partial charge in [0.2, 0.25) is 0 Å². The maximum atomic E-state index is 6.35. The molecule has 1 heterocycles. The first-order valence-corrected chi connectivity index (χ1v) is 7.90. The van der Waals surface area contributed by atoms with Crippen LogP contribution in [0.5, 0.6) is 11.5 Å². The first-order valence-electron chi connectivity index (χ1n) is 5.91. The van der Waals surface area contributed by atoms with Crippen LogP contribution in [0.15, 0.2) is 22.0 Å². The van der Waals surface area contributed by atoms with E-state index in [0.717, 1.165) is 14.2 Å². The molecule has 0 fully saturated rings. The highest BCUT2D eigenvalue weighted by Gasteiger charge is 2.21. The molecule has 6 heteroatoms. The third kappa shape index (κ3) is 2.81. The number of hydrogen-bond acceptors (Lipinski definition) is 4. The molecule has 0 aliphatic carbocycles. The van der Waals surface area contributed by atoms with Gasteiger partial charge in [-0.3, -0.25) is 0 Å². The average Bonchev–Trinajstić information content (AvgIpc) is 2.77.